The number of rotatable bonds is 8. The fraction of sp³-hybridized carbons (Fsp3) is 0.333. The standard InChI is InChI=1S/C33H36N4O6/c1-15-21(6-8-31(40)41)27-14-28-22(7-9-32(42)43)16(2)25(36-28)13-30-33(19(5)39)17(3)26(37-30)12-29-23(18(4)38)10-20(34-29)11-24(15)35-27/h10-14,18-19,35,37-39H,6-9H2,1-5H3,(H,40,41)(H,42,43). The second-order valence-electron chi connectivity index (χ2n) is 11.3. The van der Waals surface area contributed by atoms with E-state index in [-0.39, 0.29) is 25.7 Å². The van der Waals surface area contributed by atoms with Crippen LogP contribution in [0.3, 0.4) is 0 Å². The number of carboxylic acid groups (broad SMARTS) is 2. The minimum Gasteiger partial charge on any atom is -0.481 e. The molecule has 224 valence electrons. The van der Waals surface area contributed by atoms with Crippen molar-refractivity contribution in [3.63, 3.8) is 0 Å². The first-order chi connectivity index (χ1) is 20.3. The molecule has 6 N–H and O–H groups in total. The predicted octanol–water partition coefficient (Wildman–Crippen LogP) is 5.72. The fourth-order valence-electron chi connectivity index (χ4n) is 5.94. The first-order valence-corrected chi connectivity index (χ1v) is 14.3. The number of aromatic nitrogens is 4. The van der Waals surface area contributed by atoms with Gasteiger partial charge in [0.15, 0.2) is 0 Å². The summed E-state index contributed by atoms with van der Waals surface area (Å²) in [6.07, 6.45) is 0.682. The summed E-state index contributed by atoms with van der Waals surface area (Å²) in [4.78, 5) is 39.6. The van der Waals surface area contributed by atoms with E-state index < -0.39 is 24.1 Å². The number of H-pyrrole nitrogens is 2. The van der Waals surface area contributed by atoms with Crippen LogP contribution < -0.4 is 0 Å². The van der Waals surface area contributed by atoms with Crippen molar-refractivity contribution in [2.45, 2.75) is 72.5 Å². The molecule has 2 aliphatic heterocycles. The summed E-state index contributed by atoms with van der Waals surface area (Å²) in [5.41, 5.74) is 10.8. The lowest BCUT2D eigenvalue weighted by Crippen LogP contribution is -2.01. The number of allylic oxidation sites excluding steroid dienone is 2. The average molecular weight is 585 g/mol. The van der Waals surface area contributed by atoms with Gasteiger partial charge in [-0.25, -0.2) is 9.97 Å². The number of carboxylic acids is 2. The number of aliphatic carboxylic acids is 2. The van der Waals surface area contributed by atoms with Gasteiger partial charge in [-0.05, 0) is 106 Å². The number of aryl methyl sites for hydroxylation is 3. The molecule has 8 bridgehead atoms. The molecule has 2 aliphatic rings. The molecule has 0 saturated carbocycles. The highest BCUT2D eigenvalue weighted by atomic mass is 16.4. The fourth-order valence-corrected chi connectivity index (χ4v) is 5.94. The smallest absolute Gasteiger partial charge is 0.303 e. The van der Waals surface area contributed by atoms with Crippen molar-refractivity contribution < 1.29 is 30.0 Å². The van der Waals surface area contributed by atoms with Crippen LogP contribution in [0.2, 0.25) is 0 Å². The Balaban J connectivity index is 1.93. The zero-order valence-corrected chi connectivity index (χ0v) is 24.9. The summed E-state index contributed by atoms with van der Waals surface area (Å²) in [5, 5.41) is 40.2. The van der Waals surface area contributed by atoms with E-state index in [1.54, 1.807) is 13.8 Å². The number of aliphatic hydroxyl groups excluding tert-OH is 2. The molecule has 2 atom stereocenters. The van der Waals surface area contributed by atoms with E-state index in [0.29, 0.717) is 44.9 Å². The number of nitrogens with zero attached hydrogens (tertiary/aromatic N) is 2. The molecular weight excluding hydrogens is 548 g/mol. The minimum atomic E-state index is -0.917. The third kappa shape index (κ3) is 5.89. The highest BCUT2D eigenvalue weighted by Gasteiger charge is 2.22. The number of hydrogen-bond donors (Lipinski definition) is 6. The Kier molecular flexibility index (Phi) is 8.09. The molecule has 3 aromatic rings. The van der Waals surface area contributed by atoms with Gasteiger partial charge in [0.25, 0.3) is 0 Å². The van der Waals surface area contributed by atoms with Crippen molar-refractivity contribution in [2.24, 2.45) is 0 Å². The van der Waals surface area contributed by atoms with E-state index in [9.17, 15) is 30.0 Å². The molecule has 10 nitrogen and oxygen atoms in total. The van der Waals surface area contributed by atoms with E-state index in [1.165, 1.54) is 0 Å². The van der Waals surface area contributed by atoms with E-state index >= 15 is 0 Å². The lowest BCUT2D eigenvalue weighted by Gasteiger charge is -2.05. The van der Waals surface area contributed by atoms with Crippen molar-refractivity contribution in [3.05, 3.63) is 69.3 Å². The number of hydrogen-bond acceptors (Lipinski definition) is 6. The maximum Gasteiger partial charge on any atom is 0.303 e. The highest BCUT2D eigenvalue weighted by molar-refractivity contribution is 5.94. The maximum absolute atomic E-state index is 11.5. The summed E-state index contributed by atoms with van der Waals surface area (Å²) in [5.74, 6) is -1.83. The largest absolute Gasteiger partial charge is 0.481 e. The van der Waals surface area contributed by atoms with Crippen molar-refractivity contribution in [1.82, 2.24) is 19.9 Å². The minimum absolute atomic E-state index is 0.0618. The summed E-state index contributed by atoms with van der Waals surface area (Å²) in [7, 11) is 0. The van der Waals surface area contributed by atoms with E-state index in [2.05, 4.69) is 9.97 Å². The second-order valence-corrected chi connectivity index (χ2v) is 11.3. The number of aliphatic hydroxyl groups is 2. The third-order valence-electron chi connectivity index (χ3n) is 8.24. The normalized spacial score (nSPS) is 14.5. The first-order valence-electron chi connectivity index (χ1n) is 14.3. The van der Waals surface area contributed by atoms with Gasteiger partial charge in [0, 0.05) is 46.0 Å². The van der Waals surface area contributed by atoms with Gasteiger partial charge in [-0.2, -0.15) is 0 Å². The van der Waals surface area contributed by atoms with E-state index in [0.717, 1.165) is 38.9 Å². The molecular formula is C33H36N4O6. The van der Waals surface area contributed by atoms with Crippen LogP contribution in [0.4, 0.5) is 0 Å². The van der Waals surface area contributed by atoms with Gasteiger partial charge in [0.2, 0.25) is 0 Å². The monoisotopic (exact) mass is 584 g/mol. The Morgan fingerprint density at radius 3 is 2.00 bits per heavy atom. The SMILES string of the molecule is CC1=C(CCC(=O)O)c2cc3[nH]c(cc4nc(cc5[nH]c(cc1n2)c(C(C)O)c5C)C(C(C)O)=C4)c(C)c3CCC(=O)O. The molecule has 3 aromatic heterocycles. The molecule has 0 aromatic carbocycles. The van der Waals surface area contributed by atoms with Gasteiger partial charge in [-0.15, -0.1) is 0 Å². The third-order valence-corrected chi connectivity index (χ3v) is 8.24. The molecule has 5 rings (SSSR count). The molecule has 2 unspecified atom stereocenters. The van der Waals surface area contributed by atoms with Crippen LogP contribution in [0.5, 0.6) is 0 Å². The van der Waals surface area contributed by atoms with Crippen LogP contribution in [-0.2, 0) is 16.0 Å². The van der Waals surface area contributed by atoms with E-state index in [4.69, 9.17) is 9.97 Å². The Labute approximate surface area is 248 Å². The average Bonchev–Trinajstić information content (AvgIpc) is 3.62. The Bertz CT molecular complexity index is 1870. The summed E-state index contributed by atoms with van der Waals surface area (Å²) < 4.78 is 0. The molecule has 10 heteroatoms. The number of aromatic amines is 2. The number of fused-ring (bicyclic) bond motifs is 8. The molecule has 5 heterocycles. The topological polar surface area (TPSA) is 172 Å². The maximum atomic E-state index is 11.5. The van der Waals surface area contributed by atoms with Crippen LogP contribution in [0.15, 0.2) is 24.3 Å². The molecule has 0 amide bonds. The molecule has 0 fully saturated rings. The van der Waals surface area contributed by atoms with Gasteiger partial charge in [-0.1, -0.05) is 0 Å². The van der Waals surface area contributed by atoms with Crippen LogP contribution >= 0.6 is 0 Å². The summed E-state index contributed by atoms with van der Waals surface area (Å²) in [6.45, 7) is 9.12. The zero-order valence-electron chi connectivity index (χ0n) is 24.9. The quantitative estimate of drug-likeness (QED) is 0.195. The zero-order chi connectivity index (χ0) is 31.2. The van der Waals surface area contributed by atoms with Gasteiger partial charge in [0.05, 0.1) is 35.0 Å². The van der Waals surface area contributed by atoms with Crippen LogP contribution in [0.25, 0.3) is 44.9 Å². The first kappa shape index (κ1) is 29.9. The lowest BCUT2D eigenvalue weighted by molar-refractivity contribution is -0.137. The Morgan fingerprint density at radius 1 is 0.744 bits per heavy atom. The lowest BCUT2D eigenvalue weighted by atomic mass is 10.00. The van der Waals surface area contributed by atoms with Crippen molar-refractivity contribution in [3.8, 4) is 0 Å². The van der Waals surface area contributed by atoms with Crippen LogP contribution in [0.1, 0.15) is 91.2 Å². The predicted molar refractivity (Wildman–Crippen MR) is 166 cm³/mol. The molecule has 43 heavy (non-hydrogen) atoms. The molecule has 0 saturated heterocycles. The highest BCUT2D eigenvalue weighted by Crippen LogP contribution is 2.36. The molecule has 0 aliphatic carbocycles. The number of carbonyl (C=O) groups is 2. The van der Waals surface area contributed by atoms with Gasteiger partial charge >= 0.3 is 11.9 Å². The van der Waals surface area contributed by atoms with Gasteiger partial charge in [-0.3, -0.25) is 9.59 Å². The number of nitrogens with one attached hydrogen (secondary N) is 2. The summed E-state index contributed by atoms with van der Waals surface area (Å²) in [6, 6.07) is 7.44. The molecule has 0 spiro atoms. The van der Waals surface area contributed by atoms with Crippen LogP contribution in [0, 0.1) is 13.8 Å². The van der Waals surface area contributed by atoms with E-state index in [1.807, 2.05) is 51.1 Å². The van der Waals surface area contributed by atoms with Crippen molar-refractivity contribution in [2.75, 3.05) is 0 Å². The Morgan fingerprint density at radius 2 is 1.35 bits per heavy atom. The summed E-state index contributed by atoms with van der Waals surface area (Å²) >= 11 is 0. The van der Waals surface area contributed by atoms with Gasteiger partial charge in [0.1, 0.15) is 0 Å². The van der Waals surface area contributed by atoms with Crippen molar-refractivity contribution in [1.29, 1.82) is 0 Å². The van der Waals surface area contributed by atoms with Gasteiger partial charge < -0.3 is 30.4 Å². The second kappa shape index (κ2) is 11.6. The molecule has 0 radical (unpaired) electrons. The van der Waals surface area contributed by atoms with Crippen LogP contribution in [-0.4, -0.2) is 58.4 Å². The Hall–Kier alpha value is -4.54. The van der Waals surface area contributed by atoms with Crippen molar-refractivity contribution >= 4 is 56.8 Å².